The van der Waals surface area contributed by atoms with E-state index in [-0.39, 0.29) is 0 Å². The highest BCUT2D eigenvalue weighted by Gasteiger charge is 2.08. The number of aromatic nitrogens is 1. The smallest absolute Gasteiger partial charge is 0.0850 e. The Bertz CT molecular complexity index is 716. The fraction of sp³-hybridized carbons (Fsp3) is 0.0667. The summed E-state index contributed by atoms with van der Waals surface area (Å²) >= 11 is 0. The molecule has 3 aromatic rings. The molecule has 0 aliphatic rings. The van der Waals surface area contributed by atoms with E-state index in [9.17, 15) is 4.21 Å². The predicted octanol–water partition coefficient (Wildman–Crippen LogP) is 3.35. The van der Waals surface area contributed by atoms with Crippen LogP contribution in [0, 0.1) is 0 Å². The molecular weight excluding hydrogens is 242 g/mol. The van der Waals surface area contributed by atoms with E-state index in [0.717, 1.165) is 15.3 Å². The van der Waals surface area contributed by atoms with Crippen molar-refractivity contribution in [3.8, 4) is 0 Å². The quantitative estimate of drug-likeness (QED) is 0.688. The molecule has 90 valence electrons. The lowest BCUT2D eigenvalue weighted by molar-refractivity contribution is 0.683. The fourth-order valence-corrected chi connectivity index (χ4v) is 3.12. The summed E-state index contributed by atoms with van der Waals surface area (Å²) in [6, 6.07) is 17.6. The summed E-state index contributed by atoms with van der Waals surface area (Å²) in [6.45, 7) is 0. The van der Waals surface area contributed by atoms with Gasteiger partial charge in [0.1, 0.15) is 0 Å². The van der Waals surface area contributed by atoms with Gasteiger partial charge in [-0.25, -0.2) is 4.21 Å². The molecule has 3 rings (SSSR count). The molecule has 0 amide bonds. The molecule has 0 bridgehead atoms. The molecule has 2 aromatic carbocycles. The van der Waals surface area contributed by atoms with Crippen molar-refractivity contribution in [1.29, 1.82) is 0 Å². The summed E-state index contributed by atoms with van der Waals surface area (Å²) in [7, 11) is 0.889. The summed E-state index contributed by atoms with van der Waals surface area (Å²) in [4.78, 5) is 1.68. The Morgan fingerprint density at radius 2 is 1.72 bits per heavy atom. The average Bonchev–Trinajstić information content (AvgIpc) is 2.80. The normalized spacial score (nSPS) is 12.7. The van der Waals surface area contributed by atoms with Gasteiger partial charge in [-0.1, -0.05) is 24.3 Å². The van der Waals surface area contributed by atoms with Crippen LogP contribution in [0.2, 0.25) is 0 Å². The number of nitrogens with zero attached hydrogens (tertiary/aromatic N) is 1. The fourth-order valence-electron chi connectivity index (χ4n) is 2.04. The second-order valence-electron chi connectivity index (χ2n) is 4.23. The molecule has 1 unspecified atom stereocenters. The SMILES string of the molecule is Cn1ccc2ccc(S(=O)c3ccccc3)cc21. The lowest BCUT2D eigenvalue weighted by atomic mass is 10.2. The first-order valence-electron chi connectivity index (χ1n) is 5.77. The van der Waals surface area contributed by atoms with Crippen LogP contribution >= 0.6 is 0 Å². The van der Waals surface area contributed by atoms with E-state index in [1.165, 1.54) is 5.39 Å². The second kappa shape index (κ2) is 4.42. The number of aryl methyl sites for hydroxylation is 1. The van der Waals surface area contributed by atoms with Gasteiger partial charge in [0.05, 0.1) is 10.8 Å². The lowest BCUT2D eigenvalue weighted by Gasteiger charge is -2.03. The first kappa shape index (κ1) is 11.2. The van der Waals surface area contributed by atoms with Gasteiger partial charge >= 0.3 is 0 Å². The van der Waals surface area contributed by atoms with E-state index >= 15 is 0 Å². The minimum absolute atomic E-state index is 0.839. The second-order valence-corrected chi connectivity index (χ2v) is 5.71. The zero-order valence-electron chi connectivity index (χ0n) is 10.0. The van der Waals surface area contributed by atoms with Gasteiger partial charge in [0.25, 0.3) is 0 Å². The Labute approximate surface area is 108 Å². The van der Waals surface area contributed by atoms with E-state index in [4.69, 9.17) is 0 Å². The molecule has 0 radical (unpaired) electrons. The van der Waals surface area contributed by atoms with Gasteiger partial charge in [-0.05, 0) is 35.7 Å². The number of hydrogen-bond acceptors (Lipinski definition) is 1. The molecule has 0 aliphatic heterocycles. The van der Waals surface area contributed by atoms with Crippen molar-refractivity contribution in [2.45, 2.75) is 9.79 Å². The van der Waals surface area contributed by atoms with Crippen molar-refractivity contribution in [2.75, 3.05) is 0 Å². The van der Waals surface area contributed by atoms with E-state index in [1.807, 2.05) is 66.3 Å². The maximum Gasteiger partial charge on any atom is 0.0850 e. The lowest BCUT2D eigenvalue weighted by Crippen LogP contribution is -1.93. The van der Waals surface area contributed by atoms with Gasteiger partial charge in [0, 0.05) is 28.6 Å². The summed E-state index contributed by atoms with van der Waals surface area (Å²) in [5.41, 5.74) is 1.11. The molecule has 0 N–H and O–H groups in total. The highest BCUT2D eigenvalue weighted by molar-refractivity contribution is 7.85. The van der Waals surface area contributed by atoms with Crippen molar-refractivity contribution >= 4 is 21.7 Å². The minimum Gasteiger partial charge on any atom is -0.351 e. The number of fused-ring (bicyclic) bond motifs is 1. The molecule has 3 heteroatoms. The molecule has 18 heavy (non-hydrogen) atoms. The number of rotatable bonds is 2. The predicted molar refractivity (Wildman–Crippen MR) is 74.0 cm³/mol. The van der Waals surface area contributed by atoms with Gasteiger partial charge in [-0.3, -0.25) is 0 Å². The number of hydrogen-bond donors (Lipinski definition) is 0. The van der Waals surface area contributed by atoms with Gasteiger partial charge in [0.15, 0.2) is 0 Å². The molecule has 1 heterocycles. The molecule has 0 fully saturated rings. The topological polar surface area (TPSA) is 22.0 Å². The summed E-state index contributed by atoms with van der Waals surface area (Å²) in [5.74, 6) is 0. The zero-order chi connectivity index (χ0) is 12.5. The third-order valence-electron chi connectivity index (χ3n) is 3.03. The monoisotopic (exact) mass is 255 g/mol. The largest absolute Gasteiger partial charge is 0.351 e. The molecule has 1 aromatic heterocycles. The van der Waals surface area contributed by atoms with Crippen molar-refractivity contribution in [1.82, 2.24) is 4.57 Å². The minimum atomic E-state index is -1.11. The Kier molecular flexibility index (Phi) is 2.76. The van der Waals surface area contributed by atoms with E-state index in [0.29, 0.717) is 0 Å². The van der Waals surface area contributed by atoms with Crippen LogP contribution in [0.1, 0.15) is 0 Å². The van der Waals surface area contributed by atoms with Crippen LogP contribution in [-0.4, -0.2) is 8.78 Å². The van der Waals surface area contributed by atoms with E-state index < -0.39 is 10.8 Å². The van der Waals surface area contributed by atoms with Crippen LogP contribution in [0.4, 0.5) is 0 Å². The van der Waals surface area contributed by atoms with Crippen molar-refractivity contribution < 1.29 is 4.21 Å². The standard InChI is InChI=1S/C15H13NOS/c1-16-10-9-12-7-8-14(11-15(12)16)18(17)13-5-3-2-4-6-13/h2-11H,1H3. The van der Waals surface area contributed by atoms with Crippen LogP contribution in [-0.2, 0) is 17.8 Å². The highest BCUT2D eigenvalue weighted by Crippen LogP contribution is 2.22. The molecule has 1 atom stereocenters. The molecular formula is C15H13NOS. The Morgan fingerprint density at radius 1 is 0.944 bits per heavy atom. The zero-order valence-corrected chi connectivity index (χ0v) is 10.9. The molecule has 0 saturated carbocycles. The third-order valence-corrected chi connectivity index (χ3v) is 4.41. The molecule has 2 nitrogen and oxygen atoms in total. The van der Waals surface area contributed by atoms with Gasteiger partial charge in [-0.2, -0.15) is 0 Å². The van der Waals surface area contributed by atoms with Crippen LogP contribution in [0.3, 0.4) is 0 Å². The van der Waals surface area contributed by atoms with E-state index in [2.05, 4.69) is 6.07 Å². The summed E-state index contributed by atoms with van der Waals surface area (Å²) in [6.07, 6.45) is 2.01. The average molecular weight is 255 g/mol. The first-order chi connectivity index (χ1) is 8.75. The maximum absolute atomic E-state index is 12.4. The Hall–Kier alpha value is -1.87. The van der Waals surface area contributed by atoms with Crippen LogP contribution in [0.5, 0.6) is 0 Å². The van der Waals surface area contributed by atoms with Gasteiger partial charge in [-0.15, -0.1) is 0 Å². The van der Waals surface area contributed by atoms with Gasteiger partial charge in [0.2, 0.25) is 0 Å². The first-order valence-corrected chi connectivity index (χ1v) is 6.92. The van der Waals surface area contributed by atoms with E-state index in [1.54, 1.807) is 0 Å². The summed E-state index contributed by atoms with van der Waals surface area (Å²) < 4.78 is 14.5. The maximum atomic E-state index is 12.4. The third kappa shape index (κ3) is 1.87. The highest BCUT2D eigenvalue weighted by atomic mass is 32.2. The Balaban J connectivity index is 2.09. The van der Waals surface area contributed by atoms with Crippen molar-refractivity contribution in [2.24, 2.45) is 7.05 Å². The number of benzene rings is 2. The van der Waals surface area contributed by atoms with Crippen molar-refractivity contribution in [3.05, 3.63) is 60.8 Å². The van der Waals surface area contributed by atoms with Crippen LogP contribution in [0.25, 0.3) is 10.9 Å². The van der Waals surface area contributed by atoms with Crippen LogP contribution < -0.4 is 0 Å². The van der Waals surface area contributed by atoms with Crippen LogP contribution in [0.15, 0.2) is 70.6 Å². The summed E-state index contributed by atoms with van der Waals surface area (Å²) in [5, 5.41) is 1.17. The molecule has 0 aliphatic carbocycles. The van der Waals surface area contributed by atoms with Crippen molar-refractivity contribution in [3.63, 3.8) is 0 Å². The Morgan fingerprint density at radius 3 is 2.50 bits per heavy atom. The van der Waals surface area contributed by atoms with Gasteiger partial charge < -0.3 is 4.57 Å². The molecule has 0 saturated heterocycles. The molecule has 0 spiro atoms.